The molecule has 0 atom stereocenters. The second-order valence-corrected chi connectivity index (χ2v) is 6.11. The van der Waals surface area contributed by atoms with Crippen LogP contribution in [0.5, 0.6) is 0 Å². The van der Waals surface area contributed by atoms with Gasteiger partial charge in [0.1, 0.15) is 10.7 Å². The zero-order valence-electron chi connectivity index (χ0n) is 11.0. The minimum atomic E-state index is -0.160. The third-order valence-electron chi connectivity index (χ3n) is 2.56. The van der Waals surface area contributed by atoms with Gasteiger partial charge in [-0.3, -0.25) is 4.79 Å². The molecule has 0 aliphatic heterocycles. The minimum Gasteiger partial charge on any atom is -0.305 e. The summed E-state index contributed by atoms with van der Waals surface area (Å²) < 4.78 is 0.777. The molecule has 0 bridgehead atoms. The molecule has 0 unspecified atom stereocenters. The average Bonchev–Trinajstić information content (AvgIpc) is 2.74. The third kappa shape index (κ3) is 3.19. The maximum atomic E-state index is 12.2. The lowest BCUT2D eigenvalue weighted by atomic mass is 10.3. The van der Waals surface area contributed by atoms with Crippen molar-refractivity contribution in [2.24, 2.45) is 0 Å². The lowest BCUT2D eigenvalue weighted by Gasteiger charge is -2.06. The summed E-state index contributed by atoms with van der Waals surface area (Å²) >= 11 is 4.83. The van der Waals surface area contributed by atoms with E-state index in [0.717, 1.165) is 27.2 Å². The van der Waals surface area contributed by atoms with Gasteiger partial charge >= 0.3 is 0 Å². The van der Waals surface area contributed by atoms with E-state index in [9.17, 15) is 4.79 Å². The number of hydrogen-bond acceptors (Lipinski definition) is 4. The number of nitrogens with zero attached hydrogens (tertiary/aromatic N) is 2. The van der Waals surface area contributed by atoms with Gasteiger partial charge < -0.3 is 5.32 Å². The number of aryl methyl sites for hydroxylation is 3. The first-order valence-corrected chi connectivity index (χ1v) is 7.52. The molecule has 0 aliphatic rings. The normalized spacial score (nSPS) is 10.5. The van der Waals surface area contributed by atoms with Gasteiger partial charge in [-0.15, -0.1) is 11.3 Å². The lowest BCUT2D eigenvalue weighted by Crippen LogP contribution is -2.13. The molecule has 0 saturated carbocycles. The Bertz CT molecular complexity index is 624. The number of amides is 1. The first-order chi connectivity index (χ1) is 9.01. The van der Waals surface area contributed by atoms with E-state index in [0.29, 0.717) is 10.7 Å². The van der Waals surface area contributed by atoms with Gasteiger partial charge in [0.15, 0.2) is 0 Å². The summed E-state index contributed by atoms with van der Waals surface area (Å²) in [6, 6.07) is 1.92. The van der Waals surface area contributed by atoms with Crippen LogP contribution in [0.25, 0.3) is 0 Å². The van der Waals surface area contributed by atoms with Gasteiger partial charge in [-0.1, -0.05) is 6.92 Å². The van der Waals surface area contributed by atoms with Crippen molar-refractivity contribution in [2.45, 2.75) is 27.2 Å². The molecule has 0 aliphatic carbocycles. The van der Waals surface area contributed by atoms with Crippen molar-refractivity contribution in [1.29, 1.82) is 0 Å². The molecular weight excluding hydrogens is 326 g/mol. The second-order valence-electron chi connectivity index (χ2n) is 4.17. The maximum Gasteiger partial charge on any atom is 0.268 e. The predicted octanol–water partition coefficient (Wildman–Crippen LogP) is 3.73. The van der Waals surface area contributed by atoms with E-state index in [-0.39, 0.29) is 5.91 Å². The fourth-order valence-corrected chi connectivity index (χ4v) is 3.07. The molecule has 1 N–H and O–H groups in total. The van der Waals surface area contributed by atoms with Gasteiger partial charge in [-0.2, -0.15) is 0 Å². The Morgan fingerprint density at radius 1 is 1.47 bits per heavy atom. The molecule has 6 heteroatoms. The van der Waals surface area contributed by atoms with Gasteiger partial charge in [0.2, 0.25) is 0 Å². The number of anilines is 1. The van der Waals surface area contributed by atoms with Crippen LogP contribution in [0, 0.1) is 13.8 Å². The summed E-state index contributed by atoms with van der Waals surface area (Å²) in [5.41, 5.74) is 1.80. The van der Waals surface area contributed by atoms with Crippen molar-refractivity contribution in [1.82, 2.24) is 9.97 Å². The molecule has 2 rings (SSSR count). The third-order valence-corrected chi connectivity index (χ3v) is 4.46. The highest BCUT2D eigenvalue weighted by atomic mass is 79.9. The molecule has 0 saturated heterocycles. The summed E-state index contributed by atoms with van der Waals surface area (Å²) in [4.78, 5) is 21.4. The van der Waals surface area contributed by atoms with Crippen LogP contribution in [-0.2, 0) is 6.42 Å². The number of aromatic nitrogens is 2. The molecule has 0 spiro atoms. The van der Waals surface area contributed by atoms with Crippen LogP contribution in [0.4, 0.5) is 5.82 Å². The Kier molecular flexibility index (Phi) is 4.31. The first-order valence-electron chi connectivity index (χ1n) is 5.91. The van der Waals surface area contributed by atoms with Crippen LogP contribution in [-0.4, -0.2) is 15.9 Å². The molecule has 4 nitrogen and oxygen atoms in total. The molecule has 19 heavy (non-hydrogen) atoms. The number of rotatable bonds is 3. The predicted molar refractivity (Wildman–Crippen MR) is 80.9 cm³/mol. The van der Waals surface area contributed by atoms with Crippen LogP contribution < -0.4 is 5.32 Å². The van der Waals surface area contributed by atoms with Crippen molar-refractivity contribution < 1.29 is 4.79 Å². The zero-order chi connectivity index (χ0) is 14.0. The number of carbonyl (C=O) groups is 1. The number of pyridine rings is 1. The molecule has 2 aromatic heterocycles. The van der Waals surface area contributed by atoms with Gasteiger partial charge in [0.05, 0.1) is 15.2 Å². The topological polar surface area (TPSA) is 54.9 Å². The highest BCUT2D eigenvalue weighted by Gasteiger charge is 2.16. The average molecular weight is 340 g/mol. The van der Waals surface area contributed by atoms with E-state index < -0.39 is 0 Å². The highest BCUT2D eigenvalue weighted by molar-refractivity contribution is 9.10. The second kappa shape index (κ2) is 5.79. The molecule has 100 valence electrons. The fourth-order valence-electron chi connectivity index (χ4n) is 1.60. The van der Waals surface area contributed by atoms with Crippen LogP contribution in [0.1, 0.15) is 32.9 Å². The van der Waals surface area contributed by atoms with E-state index in [1.165, 1.54) is 11.3 Å². The Hall–Kier alpha value is -1.27. The number of nitrogens with one attached hydrogen (secondary N) is 1. The molecule has 2 aromatic rings. The summed E-state index contributed by atoms with van der Waals surface area (Å²) in [6.45, 7) is 5.82. The number of carbonyl (C=O) groups excluding carboxylic acids is 1. The van der Waals surface area contributed by atoms with Crippen LogP contribution >= 0.6 is 27.3 Å². The largest absolute Gasteiger partial charge is 0.305 e. The van der Waals surface area contributed by atoms with E-state index in [1.807, 2.05) is 26.8 Å². The van der Waals surface area contributed by atoms with Crippen molar-refractivity contribution in [2.75, 3.05) is 5.32 Å². The molecular formula is C13H14BrN3OS. The molecule has 0 radical (unpaired) electrons. The Labute approximate surface area is 124 Å². The Morgan fingerprint density at radius 2 is 2.21 bits per heavy atom. The van der Waals surface area contributed by atoms with Crippen LogP contribution in [0.2, 0.25) is 0 Å². The molecule has 1 amide bonds. The van der Waals surface area contributed by atoms with Gasteiger partial charge in [-0.05, 0) is 47.8 Å². The Balaban J connectivity index is 2.23. The summed E-state index contributed by atoms with van der Waals surface area (Å²) in [7, 11) is 0. The number of thiazole rings is 1. The van der Waals surface area contributed by atoms with Crippen LogP contribution in [0.15, 0.2) is 16.7 Å². The summed E-state index contributed by atoms with van der Waals surface area (Å²) in [6.07, 6.45) is 2.56. The summed E-state index contributed by atoms with van der Waals surface area (Å²) in [5, 5.41) is 3.78. The first kappa shape index (κ1) is 14.1. The van der Waals surface area contributed by atoms with E-state index in [4.69, 9.17) is 0 Å². The van der Waals surface area contributed by atoms with Crippen molar-refractivity contribution in [3.63, 3.8) is 0 Å². The van der Waals surface area contributed by atoms with E-state index >= 15 is 0 Å². The standard InChI is InChI=1S/C13H14BrN3OS/c1-4-10-16-8(3)11(19-10)13(18)17-12-9(14)5-7(2)6-15-12/h5-6H,4H2,1-3H3,(H,15,17,18). The van der Waals surface area contributed by atoms with Crippen LogP contribution in [0.3, 0.4) is 0 Å². The van der Waals surface area contributed by atoms with Gasteiger partial charge in [-0.25, -0.2) is 9.97 Å². The number of hydrogen-bond donors (Lipinski definition) is 1. The lowest BCUT2D eigenvalue weighted by molar-refractivity contribution is 0.102. The zero-order valence-corrected chi connectivity index (χ0v) is 13.4. The highest BCUT2D eigenvalue weighted by Crippen LogP contribution is 2.23. The van der Waals surface area contributed by atoms with Crippen molar-refractivity contribution in [3.05, 3.63) is 37.9 Å². The van der Waals surface area contributed by atoms with Gasteiger partial charge in [0, 0.05) is 6.20 Å². The smallest absolute Gasteiger partial charge is 0.268 e. The van der Waals surface area contributed by atoms with Crippen molar-refractivity contribution >= 4 is 39.0 Å². The van der Waals surface area contributed by atoms with Gasteiger partial charge in [0.25, 0.3) is 5.91 Å². The number of halogens is 1. The quantitative estimate of drug-likeness (QED) is 0.926. The monoisotopic (exact) mass is 339 g/mol. The van der Waals surface area contributed by atoms with E-state index in [1.54, 1.807) is 6.20 Å². The molecule has 0 aromatic carbocycles. The fraction of sp³-hybridized carbons (Fsp3) is 0.308. The van der Waals surface area contributed by atoms with Crippen molar-refractivity contribution in [3.8, 4) is 0 Å². The van der Waals surface area contributed by atoms with E-state index in [2.05, 4.69) is 31.2 Å². The molecule has 2 heterocycles. The minimum absolute atomic E-state index is 0.160. The maximum absolute atomic E-state index is 12.2. The SMILES string of the molecule is CCc1nc(C)c(C(=O)Nc2ncc(C)cc2Br)s1. The Morgan fingerprint density at radius 3 is 2.79 bits per heavy atom. The molecule has 0 fully saturated rings. The summed E-state index contributed by atoms with van der Waals surface area (Å²) in [5.74, 6) is 0.369.